The maximum absolute atomic E-state index is 2.46. The first-order valence-corrected chi connectivity index (χ1v) is 20.7. The van der Waals surface area contributed by atoms with Crippen molar-refractivity contribution in [3.05, 3.63) is 235 Å². The fourth-order valence-electron chi connectivity index (χ4n) is 9.16. The van der Waals surface area contributed by atoms with E-state index in [-0.39, 0.29) is 5.41 Å². The summed E-state index contributed by atoms with van der Waals surface area (Å²) in [5.41, 5.74) is 18.5. The molecule has 1 aliphatic carbocycles. The molecule has 9 aromatic rings. The number of hydrogen-bond acceptors (Lipinski definition) is 1. The smallest absolute Gasteiger partial charge is 0.0544 e. The van der Waals surface area contributed by atoms with Crippen molar-refractivity contribution < 1.29 is 0 Å². The van der Waals surface area contributed by atoms with Crippen LogP contribution in [0.1, 0.15) is 37.5 Å². The van der Waals surface area contributed by atoms with E-state index in [0.29, 0.717) is 0 Å². The predicted molar refractivity (Wildman–Crippen MR) is 251 cm³/mol. The van der Waals surface area contributed by atoms with E-state index in [0.717, 1.165) is 23.5 Å². The molecule has 0 N–H and O–H groups in total. The molecule has 0 aliphatic heterocycles. The van der Waals surface area contributed by atoms with Crippen molar-refractivity contribution in [1.82, 2.24) is 4.57 Å². The van der Waals surface area contributed by atoms with Crippen LogP contribution in [-0.2, 0) is 11.8 Å². The molecular weight excluding hydrogens is 713 g/mol. The number of hydrogen-bond donors (Lipinski definition) is 0. The second kappa shape index (κ2) is 15.0. The van der Waals surface area contributed by atoms with Crippen molar-refractivity contribution in [3.63, 3.8) is 0 Å². The molecule has 284 valence electrons. The highest BCUT2D eigenvalue weighted by Gasteiger charge is 2.36. The molecule has 0 saturated heterocycles. The van der Waals surface area contributed by atoms with Crippen LogP contribution in [0.4, 0.5) is 11.4 Å². The summed E-state index contributed by atoms with van der Waals surface area (Å²) in [5.74, 6) is 0. The normalized spacial score (nSPS) is 13.2. The third-order valence-corrected chi connectivity index (χ3v) is 12.2. The fraction of sp³-hybridized carbons (Fsp3) is 0.0877. The average Bonchev–Trinajstić information content (AvgIpc) is 3.73. The van der Waals surface area contributed by atoms with Gasteiger partial charge in [-0.1, -0.05) is 159 Å². The lowest BCUT2D eigenvalue weighted by molar-refractivity contribution is 0.661. The Morgan fingerprint density at radius 2 is 1.07 bits per heavy atom. The number of benzene rings is 8. The maximum Gasteiger partial charge on any atom is 0.0544 e. The molecule has 1 aliphatic rings. The van der Waals surface area contributed by atoms with Crippen molar-refractivity contribution in [2.45, 2.75) is 32.6 Å². The summed E-state index contributed by atoms with van der Waals surface area (Å²) < 4.78 is 2.45. The highest BCUT2D eigenvalue weighted by atomic mass is 15.1. The number of nitrogens with zero attached hydrogens (tertiary/aromatic N) is 2. The SMILES string of the molecule is CC=C(C=CCc1ccccc1)N(c1ccc(-c2ccccc2)cc1)c1ccc(-c2ccc3c(c2)c2cc4c(cc2n3-c2ccccc2)C(C)(C)c2ccccc2-4)cc1. The van der Waals surface area contributed by atoms with Gasteiger partial charge < -0.3 is 9.47 Å². The minimum Gasteiger partial charge on any atom is -0.311 e. The molecular formula is C57H46N2. The number of fused-ring (bicyclic) bond motifs is 6. The van der Waals surface area contributed by atoms with E-state index in [4.69, 9.17) is 0 Å². The van der Waals surface area contributed by atoms with E-state index in [2.05, 4.69) is 243 Å². The lowest BCUT2D eigenvalue weighted by Gasteiger charge is -2.27. The van der Waals surface area contributed by atoms with Gasteiger partial charge in [0.1, 0.15) is 0 Å². The predicted octanol–water partition coefficient (Wildman–Crippen LogP) is 15.3. The lowest BCUT2D eigenvalue weighted by Crippen LogP contribution is -2.15. The first-order valence-electron chi connectivity index (χ1n) is 20.7. The van der Waals surface area contributed by atoms with E-state index in [1.165, 1.54) is 77.6 Å². The van der Waals surface area contributed by atoms with Crippen molar-refractivity contribution in [2.24, 2.45) is 0 Å². The Kier molecular flexibility index (Phi) is 9.19. The van der Waals surface area contributed by atoms with E-state index >= 15 is 0 Å². The van der Waals surface area contributed by atoms with Gasteiger partial charge in [-0.3, -0.25) is 0 Å². The molecule has 0 fully saturated rings. The number of allylic oxidation sites excluding steroid dienone is 3. The molecule has 2 nitrogen and oxygen atoms in total. The van der Waals surface area contributed by atoms with Gasteiger partial charge in [-0.05, 0) is 130 Å². The van der Waals surface area contributed by atoms with Gasteiger partial charge in [-0.25, -0.2) is 0 Å². The van der Waals surface area contributed by atoms with E-state index < -0.39 is 0 Å². The van der Waals surface area contributed by atoms with Crippen LogP contribution in [0.3, 0.4) is 0 Å². The molecule has 0 radical (unpaired) electrons. The van der Waals surface area contributed by atoms with E-state index in [1.807, 2.05) is 0 Å². The zero-order valence-electron chi connectivity index (χ0n) is 33.8. The van der Waals surface area contributed by atoms with Gasteiger partial charge in [0.2, 0.25) is 0 Å². The molecule has 2 heteroatoms. The minimum absolute atomic E-state index is 0.0761. The summed E-state index contributed by atoms with van der Waals surface area (Å²) in [6, 6.07) is 70.9. The van der Waals surface area contributed by atoms with Gasteiger partial charge >= 0.3 is 0 Å². The van der Waals surface area contributed by atoms with Crippen molar-refractivity contribution in [3.8, 4) is 39.1 Å². The Morgan fingerprint density at radius 3 is 1.75 bits per heavy atom. The van der Waals surface area contributed by atoms with Crippen molar-refractivity contribution in [1.29, 1.82) is 0 Å². The Morgan fingerprint density at radius 1 is 0.508 bits per heavy atom. The van der Waals surface area contributed by atoms with Gasteiger partial charge in [-0.2, -0.15) is 0 Å². The van der Waals surface area contributed by atoms with Gasteiger partial charge in [0.05, 0.1) is 11.0 Å². The van der Waals surface area contributed by atoms with Crippen LogP contribution >= 0.6 is 0 Å². The molecule has 0 amide bonds. The second-order valence-electron chi connectivity index (χ2n) is 16.1. The van der Waals surface area contributed by atoms with Crippen LogP contribution in [0.15, 0.2) is 218 Å². The molecule has 1 aromatic heterocycles. The maximum atomic E-state index is 2.46. The van der Waals surface area contributed by atoms with Crippen LogP contribution in [0.5, 0.6) is 0 Å². The number of aromatic nitrogens is 1. The molecule has 0 spiro atoms. The van der Waals surface area contributed by atoms with Crippen LogP contribution in [0.25, 0.3) is 60.9 Å². The third-order valence-electron chi connectivity index (χ3n) is 12.2. The molecule has 59 heavy (non-hydrogen) atoms. The van der Waals surface area contributed by atoms with Gasteiger partial charge in [-0.15, -0.1) is 0 Å². The van der Waals surface area contributed by atoms with Crippen LogP contribution in [-0.4, -0.2) is 4.57 Å². The highest BCUT2D eigenvalue weighted by Crippen LogP contribution is 2.51. The number of anilines is 2. The van der Waals surface area contributed by atoms with Crippen molar-refractivity contribution in [2.75, 3.05) is 4.90 Å². The first kappa shape index (κ1) is 36.2. The van der Waals surface area contributed by atoms with Crippen LogP contribution < -0.4 is 4.90 Å². The largest absolute Gasteiger partial charge is 0.311 e. The monoisotopic (exact) mass is 758 g/mol. The summed E-state index contributed by atoms with van der Waals surface area (Å²) >= 11 is 0. The molecule has 0 atom stereocenters. The second-order valence-corrected chi connectivity index (χ2v) is 16.1. The van der Waals surface area contributed by atoms with Gasteiger partial charge in [0.15, 0.2) is 0 Å². The summed E-state index contributed by atoms with van der Waals surface area (Å²) in [5, 5.41) is 2.54. The Hall–Kier alpha value is -7.16. The quantitative estimate of drug-likeness (QED) is 0.133. The van der Waals surface area contributed by atoms with Crippen LogP contribution in [0.2, 0.25) is 0 Å². The Bertz CT molecular complexity index is 3000. The average molecular weight is 759 g/mol. The van der Waals surface area contributed by atoms with E-state index in [9.17, 15) is 0 Å². The summed E-state index contributed by atoms with van der Waals surface area (Å²) in [7, 11) is 0. The first-order chi connectivity index (χ1) is 29.0. The lowest BCUT2D eigenvalue weighted by atomic mass is 9.82. The Balaban J connectivity index is 1.06. The summed E-state index contributed by atoms with van der Waals surface area (Å²) in [6.45, 7) is 6.85. The molecule has 0 saturated carbocycles. The Labute approximate surface area is 347 Å². The van der Waals surface area contributed by atoms with Crippen LogP contribution in [0, 0.1) is 0 Å². The van der Waals surface area contributed by atoms with Crippen molar-refractivity contribution >= 4 is 33.2 Å². The van der Waals surface area contributed by atoms with Gasteiger partial charge in [0.25, 0.3) is 0 Å². The zero-order valence-corrected chi connectivity index (χ0v) is 33.8. The standard InChI is InChI=1S/C57H46N2/c1-4-45(24-16-19-40-17-8-5-9-18-40)58(47-32-27-42(28-33-47)41-20-10-6-11-21-41)48-34-29-43(30-35-48)44-31-36-55-51(37-44)52-38-50-49-25-14-15-26-53(49)57(2,3)54(50)39-56(52)59(55)46-22-12-7-13-23-46/h4-18,20-39H,19H2,1-3H3. The molecule has 8 aromatic carbocycles. The van der Waals surface area contributed by atoms with Gasteiger partial charge in [0, 0.05) is 38.9 Å². The molecule has 0 bridgehead atoms. The molecule has 10 rings (SSSR count). The fourth-order valence-corrected chi connectivity index (χ4v) is 9.16. The third kappa shape index (κ3) is 6.48. The zero-order chi connectivity index (χ0) is 39.9. The summed E-state index contributed by atoms with van der Waals surface area (Å²) in [6.07, 6.45) is 7.58. The highest BCUT2D eigenvalue weighted by molar-refractivity contribution is 6.12. The number of rotatable bonds is 9. The minimum atomic E-state index is -0.0761. The number of para-hydroxylation sites is 1. The topological polar surface area (TPSA) is 8.17 Å². The molecule has 0 unspecified atom stereocenters. The van der Waals surface area contributed by atoms with E-state index in [1.54, 1.807) is 0 Å². The molecule has 1 heterocycles. The summed E-state index contributed by atoms with van der Waals surface area (Å²) in [4.78, 5) is 2.36.